The molecule has 0 unspecified atom stereocenters. The summed E-state index contributed by atoms with van der Waals surface area (Å²) in [5.41, 5.74) is 9.47. The Kier molecular flexibility index (Phi) is 8.27. The number of aromatic nitrogens is 3. The number of hydrogen-bond acceptors (Lipinski definition) is 1. The van der Waals surface area contributed by atoms with Crippen LogP contribution in [0.1, 0.15) is 5.56 Å². The van der Waals surface area contributed by atoms with Gasteiger partial charge in [0.05, 0.1) is 50.4 Å². The summed E-state index contributed by atoms with van der Waals surface area (Å²) in [4.78, 5) is 5.18. The number of pyridine rings is 1. The quantitative estimate of drug-likeness (QED) is 0.165. The standard InChI is InChI=1S/C54H34F3N3/c55-54(56,57)45-34-52(59-48-25-12-10-21-40(48)42-31-38(27-29-50(42)59)35-15-4-1-5-16-35)44(47-24-14-23-46(58-47)37-19-8-3-9-20-37)33-53(45)60-49-26-13-11-22-41(49)43-32-39(28-30-51(43)60)36-17-6-2-7-18-36/h1-34H. The van der Waals surface area contributed by atoms with Crippen molar-refractivity contribution >= 4 is 43.6 Å². The molecule has 3 nitrogen and oxygen atoms in total. The Morgan fingerprint density at radius 1 is 0.333 bits per heavy atom. The summed E-state index contributed by atoms with van der Waals surface area (Å²) in [7, 11) is 0. The fraction of sp³-hybridized carbons (Fsp3) is 0.0185. The van der Waals surface area contributed by atoms with E-state index in [1.807, 2.05) is 174 Å². The smallest absolute Gasteiger partial charge is 0.309 e. The van der Waals surface area contributed by atoms with E-state index in [0.717, 1.165) is 66.1 Å². The molecule has 0 fully saturated rings. The van der Waals surface area contributed by atoms with E-state index < -0.39 is 11.7 Å². The van der Waals surface area contributed by atoms with E-state index in [2.05, 4.69) is 24.3 Å². The summed E-state index contributed by atoms with van der Waals surface area (Å²) in [6, 6.07) is 66.6. The van der Waals surface area contributed by atoms with E-state index in [1.165, 1.54) is 6.07 Å². The van der Waals surface area contributed by atoms with Crippen LogP contribution in [0, 0.1) is 0 Å². The lowest BCUT2D eigenvalue weighted by Gasteiger charge is -2.22. The second kappa shape index (κ2) is 14.0. The molecular weight excluding hydrogens is 748 g/mol. The Bertz CT molecular complexity index is 3400. The molecule has 286 valence electrons. The first kappa shape index (κ1) is 35.5. The molecule has 11 aromatic rings. The molecule has 0 radical (unpaired) electrons. The molecule has 0 aliphatic carbocycles. The van der Waals surface area contributed by atoms with Gasteiger partial charge < -0.3 is 9.13 Å². The highest BCUT2D eigenvalue weighted by Crippen LogP contribution is 2.45. The van der Waals surface area contributed by atoms with Gasteiger partial charge in [-0.3, -0.25) is 0 Å². The maximum Gasteiger partial charge on any atom is 0.418 e. The number of fused-ring (bicyclic) bond motifs is 6. The number of nitrogens with zero attached hydrogens (tertiary/aromatic N) is 3. The fourth-order valence-corrected chi connectivity index (χ4v) is 8.82. The van der Waals surface area contributed by atoms with Crippen molar-refractivity contribution in [2.75, 3.05) is 0 Å². The molecule has 0 amide bonds. The molecule has 0 saturated heterocycles. The maximum atomic E-state index is 16.0. The van der Waals surface area contributed by atoms with Crippen molar-refractivity contribution in [3.8, 4) is 56.1 Å². The van der Waals surface area contributed by atoms with Crippen molar-refractivity contribution in [1.29, 1.82) is 0 Å². The van der Waals surface area contributed by atoms with Crippen LogP contribution in [0.3, 0.4) is 0 Å². The van der Waals surface area contributed by atoms with E-state index in [1.54, 1.807) is 10.6 Å². The van der Waals surface area contributed by atoms with Crippen LogP contribution >= 0.6 is 0 Å². The normalized spacial score (nSPS) is 11.9. The van der Waals surface area contributed by atoms with Crippen molar-refractivity contribution in [2.45, 2.75) is 6.18 Å². The molecule has 0 aliphatic rings. The minimum absolute atomic E-state index is 0.0268. The second-order valence-electron chi connectivity index (χ2n) is 15.1. The summed E-state index contributed by atoms with van der Waals surface area (Å²) in [6.07, 6.45) is -4.72. The fourth-order valence-electron chi connectivity index (χ4n) is 8.82. The molecular formula is C54H34F3N3. The summed E-state index contributed by atoms with van der Waals surface area (Å²) >= 11 is 0. The van der Waals surface area contributed by atoms with Gasteiger partial charge in [0.2, 0.25) is 0 Å². The minimum atomic E-state index is -4.72. The third kappa shape index (κ3) is 5.87. The van der Waals surface area contributed by atoms with E-state index in [4.69, 9.17) is 4.98 Å². The Labute approximate surface area is 343 Å². The average Bonchev–Trinajstić information content (AvgIpc) is 3.81. The SMILES string of the molecule is FC(F)(F)c1cc(-n2c3ccccc3c3cc(-c4ccccc4)ccc32)c(-c2cccc(-c3ccccc3)n2)cc1-n1c2ccccc2c2cc(-c3ccccc3)ccc21. The molecule has 8 aromatic carbocycles. The molecule has 0 aliphatic heterocycles. The number of para-hydroxylation sites is 2. The van der Waals surface area contributed by atoms with Gasteiger partial charge in [-0.1, -0.05) is 146 Å². The van der Waals surface area contributed by atoms with Gasteiger partial charge in [0.25, 0.3) is 0 Å². The molecule has 3 aromatic heterocycles. The van der Waals surface area contributed by atoms with E-state index in [-0.39, 0.29) is 5.69 Å². The van der Waals surface area contributed by atoms with Crippen molar-refractivity contribution in [1.82, 2.24) is 14.1 Å². The highest BCUT2D eigenvalue weighted by atomic mass is 19.4. The van der Waals surface area contributed by atoms with Gasteiger partial charge in [0.1, 0.15) is 0 Å². The van der Waals surface area contributed by atoms with Crippen LogP contribution < -0.4 is 0 Å². The Balaban J connectivity index is 1.24. The van der Waals surface area contributed by atoms with Gasteiger partial charge in [0, 0.05) is 32.7 Å². The first-order chi connectivity index (χ1) is 29.4. The maximum absolute atomic E-state index is 16.0. The Morgan fingerprint density at radius 3 is 1.32 bits per heavy atom. The van der Waals surface area contributed by atoms with Crippen LogP contribution in [-0.4, -0.2) is 14.1 Å². The van der Waals surface area contributed by atoms with Crippen LogP contribution in [0.25, 0.3) is 99.8 Å². The third-order valence-corrected chi connectivity index (χ3v) is 11.6. The monoisotopic (exact) mass is 781 g/mol. The average molecular weight is 782 g/mol. The molecule has 0 spiro atoms. The first-order valence-corrected chi connectivity index (χ1v) is 19.9. The highest BCUT2D eigenvalue weighted by molar-refractivity contribution is 6.12. The van der Waals surface area contributed by atoms with Crippen LogP contribution in [0.15, 0.2) is 206 Å². The Morgan fingerprint density at radius 2 is 0.783 bits per heavy atom. The lowest BCUT2D eigenvalue weighted by molar-refractivity contribution is -0.137. The largest absolute Gasteiger partial charge is 0.418 e. The summed E-state index contributed by atoms with van der Waals surface area (Å²) < 4.78 is 51.7. The topological polar surface area (TPSA) is 22.8 Å². The molecule has 0 saturated carbocycles. The predicted molar refractivity (Wildman–Crippen MR) is 240 cm³/mol. The van der Waals surface area contributed by atoms with Crippen LogP contribution in [0.5, 0.6) is 0 Å². The second-order valence-corrected chi connectivity index (χ2v) is 15.1. The number of hydrogen-bond donors (Lipinski definition) is 0. The van der Waals surface area contributed by atoms with E-state index >= 15 is 13.2 Å². The van der Waals surface area contributed by atoms with Gasteiger partial charge in [-0.15, -0.1) is 0 Å². The van der Waals surface area contributed by atoms with Gasteiger partial charge in [-0.25, -0.2) is 4.98 Å². The molecule has 11 rings (SSSR count). The zero-order valence-electron chi connectivity index (χ0n) is 32.1. The lowest BCUT2D eigenvalue weighted by Crippen LogP contribution is -2.13. The van der Waals surface area contributed by atoms with Gasteiger partial charge in [-0.2, -0.15) is 13.2 Å². The summed E-state index contributed by atoms with van der Waals surface area (Å²) in [5, 5.41) is 3.62. The number of alkyl halides is 3. The van der Waals surface area contributed by atoms with Crippen molar-refractivity contribution < 1.29 is 13.2 Å². The van der Waals surface area contributed by atoms with Gasteiger partial charge >= 0.3 is 6.18 Å². The predicted octanol–water partition coefficient (Wildman–Crippen LogP) is 15.0. The molecule has 0 N–H and O–H groups in total. The molecule has 0 bridgehead atoms. The number of benzene rings is 8. The third-order valence-electron chi connectivity index (χ3n) is 11.6. The first-order valence-electron chi connectivity index (χ1n) is 19.9. The summed E-state index contributed by atoms with van der Waals surface area (Å²) in [6.45, 7) is 0. The Hall–Kier alpha value is -7.70. The molecule has 3 heterocycles. The molecule has 0 atom stereocenters. The zero-order chi connectivity index (χ0) is 40.4. The zero-order valence-corrected chi connectivity index (χ0v) is 32.1. The van der Waals surface area contributed by atoms with Crippen LogP contribution in [0.2, 0.25) is 0 Å². The molecule has 6 heteroatoms. The lowest BCUT2D eigenvalue weighted by atomic mass is 10.0. The van der Waals surface area contributed by atoms with Gasteiger partial charge in [0.15, 0.2) is 0 Å². The van der Waals surface area contributed by atoms with Crippen LogP contribution in [-0.2, 0) is 6.18 Å². The van der Waals surface area contributed by atoms with Crippen LogP contribution in [0.4, 0.5) is 13.2 Å². The number of halogens is 3. The van der Waals surface area contributed by atoms with Crippen molar-refractivity contribution in [3.05, 3.63) is 212 Å². The molecule has 60 heavy (non-hydrogen) atoms. The summed E-state index contributed by atoms with van der Waals surface area (Å²) in [5.74, 6) is 0. The van der Waals surface area contributed by atoms with Crippen molar-refractivity contribution in [3.63, 3.8) is 0 Å². The number of rotatable bonds is 6. The van der Waals surface area contributed by atoms with E-state index in [9.17, 15) is 0 Å². The van der Waals surface area contributed by atoms with Gasteiger partial charge in [-0.05, 0) is 82.9 Å². The van der Waals surface area contributed by atoms with E-state index in [0.29, 0.717) is 28.0 Å². The minimum Gasteiger partial charge on any atom is -0.309 e. The van der Waals surface area contributed by atoms with Crippen molar-refractivity contribution in [2.24, 2.45) is 0 Å². The highest BCUT2D eigenvalue weighted by Gasteiger charge is 2.37.